The van der Waals surface area contributed by atoms with Crippen LogP contribution in [0, 0.1) is 0 Å². The summed E-state index contributed by atoms with van der Waals surface area (Å²) in [6.45, 7) is 0.390. The first-order valence-corrected chi connectivity index (χ1v) is 13.3. The van der Waals surface area contributed by atoms with Gasteiger partial charge in [0.25, 0.3) is 0 Å². The Morgan fingerprint density at radius 2 is 1.84 bits per heavy atom. The van der Waals surface area contributed by atoms with E-state index in [0.717, 1.165) is 11.3 Å². The van der Waals surface area contributed by atoms with Gasteiger partial charge in [0.15, 0.2) is 22.3 Å². The van der Waals surface area contributed by atoms with Crippen molar-refractivity contribution in [2.45, 2.75) is 15.0 Å². The van der Waals surface area contributed by atoms with Crippen LogP contribution in [0.25, 0.3) is 21.3 Å². The molecular weight excluding hydrogens is 476 g/mol. The maximum absolute atomic E-state index is 13.2. The Labute approximate surface area is 186 Å². The number of nitrogens with two attached hydrogens (primary N) is 1. The van der Waals surface area contributed by atoms with Crippen LogP contribution >= 0.6 is 11.3 Å². The largest absolute Gasteiger partial charge is 0.314 e. The molecule has 3 aromatic rings. The Bertz CT molecular complexity index is 1600. The van der Waals surface area contributed by atoms with Gasteiger partial charge in [0.2, 0.25) is 10.0 Å². The highest BCUT2D eigenvalue weighted by Gasteiger charge is 2.39. The fourth-order valence-corrected chi connectivity index (χ4v) is 7.68. The molecule has 1 saturated heterocycles. The molecular formula is C18H16N6O5S3. The lowest BCUT2D eigenvalue weighted by Gasteiger charge is -2.28. The quantitative estimate of drug-likeness (QED) is 0.475. The van der Waals surface area contributed by atoms with Crippen molar-refractivity contribution in [2.24, 2.45) is 20.4 Å². The number of benzene rings is 2. The van der Waals surface area contributed by atoms with E-state index in [0.29, 0.717) is 21.3 Å². The van der Waals surface area contributed by atoms with E-state index in [1.165, 1.54) is 12.1 Å². The number of rotatable bonds is 5. The van der Waals surface area contributed by atoms with Gasteiger partial charge in [-0.3, -0.25) is 4.79 Å². The van der Waals surface area contributed by atoms with Crippen LogP contribution in [0.3, 0.4) is 0 Å². The van der Waals surface area contributed by atoms with E-state index in [1.54, 1.807) is 18.2 Å². The van der Waals surface area contributed by atoms with Crippen LogP contribution in [-0.2, 0) is 19.9 Å². The van der Waals surface area contributed by atoms with Crippen molar-refractivity contribution in [1.82, 2.24) is 10.3 Å². The number of hydrogen-bond acceptors (Lipinski definition) is 10. The number of H-pyrrole nitrogens is 1. The van der Waals surface area contributed by atoms with E-state index in [2.05, 4.69) is 25.5 Å². The number of aromatic amines is 1. The van der Waals surface area contributed by atoms with Gasteiger partial charge in [0.1, 0.15) is 4.90 Å². The van der Waals surface area contributed by atoms with Crippen LogP contribution < -0.4 is 15.3 Å². The average Bonchev–Trinajstić information content (AvgIpc) is 3.32. The third-order valence-electron chi connectivity index (χ3n) is 5.31. The van der Waals surface area contributed by atoms with Gasteiger partial charge >= 0.3 is 4.87 Å². The summed E-state index contributed by atoms with van der Waals surface area (Å²) in [4.78, 5) is 17.6. The van der Waals surface area contributed by atoms with E-state index in [-0.39, 0.29) is 36.0 Å². The first-order chi connectivity index (χ1) is 15.2. The summed E-state index contributed by atoms with van der Waals surface area (Å²) in [5.74, 6) is -0.0395. The number of azo groups is 1. The van der Waals surface area contributed by atoms with Crippen molar-refractivity contribution in [2.75, 3.05) is 19.8 Å². The summed E-state index contributed by atoms with van der Waals surface area (Å²) in [5.41, 5.74) is 1.24. The molecule has 0 unspecified atom stereocenters. The molecule has 32 heavy (non-hydrogen) atoms. The molecule has 166 valence electrons. The van der Waals surface area contributed by atoms with Crippen molar-refractivity contribution in [3.63, 3.8) is 0 Å². The molecule has 0 atom stereocenters. The van der Waals surface area contributed by atoms with Crippen LogP contribution in [0.5, 0.6) is 0 Å². The van der Waals surface area contributed by atoms with Crippen LogP contribution in [0.15, 0.2) is 60.1 Å². The minimum Gasteiger partial charge on any atom is -0.314 e. The number of aromatic nitrogens is 1. The van der Waals surface area contributed by atoms with Crippen LogP contribution in [0.2, 0.25) is 0 Å². The summed E-state index contributed by atoms with van der Waals surface area (Å²) < 4.78 is 52.6. The number of primary sulfonamides is 1. The van der Waals surface area contributed by atoms with Crippen molar-refractivity contribution in [3.05, 3.63) is 45.6 Å². The van der Waals surface area contributed by atoms with Crippen molar-refractivity contribution < 1.29 is 16.8 Å². The van der Waals surface area contributed by atoms with Crippen LogP contribution in [-0.4, -0.2) is 52.7 Å². The van der Waals surface area contributed by atoms with E-state index >= 15 is 0 Å². The van der Waals surface area contributed by atoms with E-state index in [4.69, 9.17) is 5.14 Å². The molecule has 0 aliphatic carbocycles. The predicted octanol–water partition coefficient (Wildman–Crippen LogP) is 0.819. The van der Waals surface area contributed by atoms with Crippen molar-refractivity contribution in [1.29, 1.82) is 0 Å². The fraction of sp³-hybridized carbons (Fsp3) is 0.222. The number of nitrogens with one attached hydrogen (secondary N) is 2. The Hall–Kier alpha value is -2.78. The molecule has 0 bridgehead atoms. The second-order valence-electron chi connectivity index (χ2n) is 7.24. The van der Waals surface area contributed by atoms with Crippen LogP contribution in [0.1, 0.15) is 5.56 Å². The van der Waals surface area contributed by atoms with Gasteiger partial charge in [-0.1, -0.05) is 29.5 Å². The summed E-state index contributed by atoms with van der Waals surface area (Å²) in [7, 11) is -8.54. The zero-order valence-corrected chi connectivity index (χ0v) is 18.7. The summed E-state index contributed by atoms with van der Waals surface area (Å²) in [6.07, 6.45) is 0. The number of aliphatic imine (C=N–C) groups is 1. The van der Waals surface area contributed by atoms with E-state index < -0.39 is 34.9 Å². The molecule has 0 spiro atoms. The molecule has 5 rings (SSSR count). The third kappa shape index (κ3) is 3.31. The number of sulfone groups is 1. The Morgan fingerprint density at radius 1 is 1.06 bits per heavy atom. The number of hydrogen-bond donors (Lipinski definition) is 3. The zero-order valence-electron chi connectivity index (χ0n) is 16.3. The smallest absolute Gasteiger partial charge is 0.305 e. The van der Waals surface area contributed by atoms with Gasteiger partial charge in [-0.25, -0.2) is 27.0 Å². The molecule has 1 aromatic heterocycles. The lowest BCUT2D eigenvalue weighted by atomic mass is 9.98. The van der Waals surface area contributed by atoms with Crippen molar-refractivity contribution in [3.8, 4) is 11.1 Å². The predicted molar refractivity (Wildman–Crippen MR) is 119 cm³/mol. The molecule has 0 saturated carbocycles. The topological polar surface area (TPSA) is 176 Å². The highest BCUT2D eigenvalue weighted by atomic mass is 32.2. The minimum absolute atomic E-state index is 0.0260. The lowest BCUT2D eigenvalue weighted by Crippen LogP contribution is -2.51. The van der Waals surface area contributed by atoms with Gasteiger partial charge in [-0.05, 0) is 17.7 Å². The maximum atomic E-state index is 13.2. The highest BCUT2D eigenvalue weighted by Crippen LogP contribution is 2.38. The number of sulfonamides is 1. The Kier molecular flexibility index (Phi) is 4.86. The SMILES string of the molecule is NS(=O)(=O)c1c(S(=O)(=O)C2CNC2)ccc(-c2cccc3sc(=O)[nH]c23)c1C1=NCN=N1. The number of thiazole rings is 1. The molecule has 11 nitrogen and oxygen atoms in total. The van der Waals surface area contributed by atoms with E-state index in [9.17, 15) is 21.6 Å². The van der Waals surface area contributed by atoms with E-state index in [1.807, 2.05) is 0 Å². The Morgan fingerprint density at radius 3 is 2.47 bits per heavy atom. The second-order valence-corrected chi connectivity index (χ2v) is 12.0. The first-order valence-electron chi connectivity index (χ1n) is 9.37. The molecule has 3 heterocycles. The Balaban J connectivity index is 1.91. The zero-order chi connectivity index (χ0) is 22.7. The van der Waals surface area contributed by atoms with Crippen molar-refractivity contribution >= 4 is 47.2 Å². The molecule has 2 aliphatic heterocycles. The van der Waals surface area contributed by atoms with Gasteiger partial charge in [-0.2, -0.15) is 5.11 Å². The number of amidine groups is 1. The number of nitrogens with zero attached hydrogens (tertiary/aromatic N) is 3. The van der Waals surface area contributed by atoms with Crippen LogP contribution in [0.4, 0.5) is 0 Å². The molecule has 0 amide bonds. The molecule has 14 heteroatoms. The third-order valence-corrected chi connectivity index (χ3v) is 9.45. The monoisotopic (exact) mass is 492 g/mol. The fourth-order valence-electron chi connectivity index (χ4n) is 3.73. The standard InChI is InChI=1S/C18H16N6O5S3/c19-32(28,29)16-13(31(26,27)9-6-20-7-9)5-4-10(14(16)17-21-8-22-24-17)11-2-1-3-12-15(11)23-18(25)30-12/h1-5,9,20H,6-8H2,(H,23,25)(H2,19,28,29). The van der Waals surface area contributed by atoms with Gasteiger partial charge in [0.05, 0.1) is 25.9 Å². The second kappa shape index (κ2) is 7.38. The molecule has 0 radical (unpaired) electrons. The normalized spacial score (nSPS) is 17.0. The van der Waals surface area contributed by atoms with Gasteiger partial charge in [-0.15, -0.1) is 5.11 Å². The molecule has 2 aliphatic rings. The number of para-hydroxylation sites is 1. The average molecular weight is 493 g/mol. The van der Waals surface area contributed by atoms with Gasteiger partial charge in [0, 0.05) is 18.7 Å². The minimum atomic E-state index is -4.53. The number of fused-ring (bicyclic) bond motifs is 1. The molecule has 2 aromatic carbocycles. The molecule has 1 fully saturated rings. The summed E-state index contributed by atoms with van der Waals surface area (Å²) >= 11 is 1.00. The summed E-state index contributed by atoms with van der Waals surface area (Å²) in [6, 6.07) is 7.88. The van der Waals surface area contributed by atoms with Gasteiger partial charge < -0.3 is 10.3 Å². The lowest BCUT2D eigenvalue weighted by molar-refractivity contribution is 0.493. The maximum Gasteiger partial charge on any atom is 0.305 e. The first kappa shape index (κ1) is 21.1. The summed E-state index contributed by atoms with van der Waals surface area (Å²) in [5, 5.41) is 15.4. The molecule has 4 N–H and O–H groups in total. The highest BCUT2D eigenvalue weighted by molar-refractivity contribution is 7.94.